The van der Waals surface area contributed by atoms with Crippen LogP contribution in [0, 0.1) is 11.8 Å². The molecule has 1 fully saturated rings. The lowest BCUT2D eigenvalue weighted by molar-refractivity contribution is -0.132. The fourth-order valence-electron chi connectivity index (χ4n) is 5.32. The van der Waals surface area contributed by atoms with E-state index in [1.54, 1.807) is 4.90 Å². The summed E-state index contributed by atoms with van der Waals surface area (Å²) in [5, 5.41) is 2.89. The van der Waals surface area contributed by atoms with E-state index in [9.17, 15) is 9.59 Å². The van der Waals surface area contributed by atoms with Crippen molar-refractivity contribution in [3.05, 3.63) is 71.5 Å². The molecule has 1 saturated carbocycles. The lowest BCUT2D eigenvalue weighted by Crippen LogP contribution is -2.39. The molecule has 1 aliphatic carbocycles. The summed E-state index contributed by atoms with van der Waals surface area (Å²) in [6.45, 7) is 9.88. The molecule has 0 bridgehead atoms. The lowest BCUT2D eigenvalue weighted by Gasteiger charge is -2.26. The SMILES string of the molecule is CC(C)[C@@H](C)N(C)Cc1ncc(-c2ccc(-c3ccc(-c4nc(CN(C(=O)CNC=O)C5C[C@@H]5C)[nH]c4Cl)cc3)cc2)[nH]1. The number of nitrogens with zero attached hydrogens (tertiary/aromatic N) is 4. The molecule has 5 rings (SSSR count). The van der Waals surface area contributed by atoms with Crippen LogP contribution in [0.1, 0.15) is 45.8 Å². The highest BCUT2D eigenvalue weighted by Gasteiger charge is 2.40. The number of aromatic amines is 2. The van der Waals surface area contributed by atoms with Gasteiger partial charge in [0, 0.05) is 17.6 Å². The summed E-state index contributed by atoms with van der Waals surface area (Å²) in [6.07, 6.45) is 3.38. The van der Waals surface area contributed by atoms with Gasteiger partial charge in [0.15, 0.2) is 0 Å². The lowest BCUT2D eigenvalue weighted by atomic mass is 10.0. The van der Waals surface area contributed by atoms with Crippen LogP contribution >= 0.6 is 11.6 Å². The first kappa shape index (κ1) is 30.5. The zero-order valence-corrected chi connectivity index (χ0v) is 26.2. The van der Waals surface area contributed by atoms with Gasteiger partial charge in [0.05, 0.1) is 31.5 Å². The number of nitrogens with one attached hydrogen (secondary N) is 3. The van der Waals surface area contributed by atoms with Gasteiger partial charge in [-0.3, -0.25) is 14.5 Å². The minimum Gasteiger partial charge on any atom is -0.350 e. The van der Waals surface area contributed by atoms with Crippen molar-refractivity contribution in [3.8, 4) is 33.6 Å². The van der Waals surface area contributed by atoms with Gasteiger partial charge in [0.1, 0.15) is 22.5 Å². The summed E-state index contributed by atoms with van der Waals surface area (Å²) >= 11 is 6.55. The third kappa shape index (κ3) is 7.17. The average molecular weight is 602 g/mol. The zero-order chi connectivity index (χ0) is 30.7. The van der Waals surface area contributed by atoms with Gasteiger partial charge in [0.2, 0.25) is 12.3 Å². The second-order valence-electron chi connectivity index (χ2n) is 11.9. The first-order valence-electron chi connectivity index (χ1n) is 14.8. The number of carbonyl (C=O) groups is 2. The van der Waals surface area contributed by atoms with Crippen LogP contribution in [-0.2, 0) is 22.7 Å². The molecule has 10 heteroatoms. The maximum Gasteiger partial charge on any atom is 0.242 e. The van der Waals surface area contributed by atoms with Crippen LogP contribution in [0.4, 0.5) is 0 Å². The maximum atomic E-state index is 12.7. The van der Waals surface area contributed by atoms with Crippen molar-refractivity contribution in [1.29, 1.82) is 0 Å². The fourth-order valence-corrected chi connectivity index (χ4v) is 5.58. The topological polar surface area (TPSA) is 110 Å². The highest BCUT2D eigenvalue weighted by molar-refractivity contribution is 6.31. The Bertz CT molecular complexity index is 1540. The molecule has 0 saturated heterocycles. The molecule has 2 aromatic heterocycles. The molecule has 2 amide bonds. The van der Waals surface area contributed by atoms with Crippen LogP contribution < -0.4 is 5.32 Å². The van der Waals surface area contributed by atoms with Gasteiger partial charge < -0.3 is 20.2 Å². The van der Waals surface area contributed by atoms with Gasteiger partial charge in [-0.05, 0) is 48.9 Å². The number of hydrogen-bond acceptors (Lipinski definition) is 5. The van der Waals surface area contributed by atoms with Crippen molar-refractivity contribution in [2.45, 2.75) is 59.3 Å². The van der Waals surface area contributed by atoms with E-state index < -0.39 is 0 Å². The van der Waals surface area contributed by atoms with Crippen LogP contribution in [0.2, 0.25) is 5.15 Å². The van der Waals surface area contributed by atoms with Crippen molar-refractivity contribution >= 4 is 23.9 Å². The predicted octanol–water partition coefficient (Wildman–Crippen LogP) is 5.75. The maximum absolute atomic E-state index is 12.7. The molecule has 43 heavy (non-hydrogen) atoms. The minimum atomic E-state index is -0.136. The fraction of sp³-hybridized carbons (Fsp3) is 0.394. The van der Waals surface area contributed by atoms with E-state index >= 15 is 0 Å². The largest absolute Gasteiger partial charge is 0.350 e. The Balaban J connectivity index is 1.25. The number of H-pyrrole nitrogens is 2. The van der Waals surface area contributed by atoms with Crippen LogP contribution in [0.15, 0.2) is 54.7 Å². The summed E-state index contributed by atoms with van der Waals surface area (Å²) in [7, 11) is 2.13. The quantitative estimate of drug-likeness (QED) is 0.169. The summed E-state index contributed by atoms with van der Waals surface area (Å²) < 4.78 is 0. The van der Waals surface area contributed by atoms with Crippen LogP contribution in [0.3, 0.4) is 0 Å². The number of halogens is 1. The zero-order valence-electron chi connectivity index (χ0n) is 25.4. The van der Waals surface area contributed by atoms with E-state index in [2.05, 4.69) is 96.3 Å². The average Bonchev–Trinajstić information content (AvgIpc) is 3.36. The second-order valence-corrected chi connectivity index (χ2v) is 12.3. The highest BCUT2D eigenvalue weighted by atomic mass is 35.5. The molecular weight excluding hydrogens is 562 g/mol. The van der Waals surface area contributed by atoms with Gasteiger partial charge in [-0.1, -0.05) is 80.9 Å². The third-order valence-corrected chi connectivity index (χ3v) is 8.80. The molecule has 9 nitrogen and oxygen atoms in total. The van der Waals surface area contributed by atoms with Crippen molar-refractivity contribution in [1.82, 2.24) is 35.1 Å². The molecule has 226 valence electrons. The van der Waals surface area contributed by atoms with Gasteiger partial charge in [-0.2, -0.15) is 0 Å². The molecule has 3 atom stereocenters. The summed E-state index contributed by atoms with van der Waals surface area (Å²) in [6, 6.07) is 17.2. The molecule has 2 aromatic carbocycles. The number of aromatic nitrogens is 4. The van der Waals surface area contributed by atoms with Crippen molar-refractivity contribution in [3.63, 3.8) is 0 Å². The van der Waals surface area contributed by atoms with Crippen molar-refractivity contribution < 1.29 is 9.59 Å². The number of rotatable bonds is 13. The van der Waals surface area contributed by atoms with E-state index in [1.807, 2.05) is 18.3 Å². The molecular formula is C33H40ClN7O2. The summed E-state index contributed by atoms with van der Waals surface area (Å²) in [5.41, 5.74) is 5.80. The Morgan fingerprint density at radius 1 is 1.00 bits per heavy atom. The molecule has 1 aliphatic rings. The molecule has 2 heterocycles. The molecule has 0 spiro atoms. The molecule has 4 aromatic rings. The van der Waals surface area contributed by atoms with Crippen LogP contribution in [0.25, 0.3) is 33.6 Å². The van der Waals surface area contributed by atoms with Crippen LogP contribution in [-0.4, -0.2) is 67.7 Å². The Kier molecular flexibility index (Phi) is 9.32. The first-order chi connectivity index (χ1) is 20.6. The number of hydrogen-bond donors (Lipinski definition) is 3. The summed E-state index contributed by atoms with van der Waals surface area (Å²) in [5.74, 6) is 2.44. The predicted molar refractivity (Wildman–Crippen MR) is 170 cm³/mol. The minimum absolute atomic E-state index is 0.0330. The standard InChI is InChI=1S/C33H40ClN7O2/c1-20(2)22(4)40(5)17-29-36-15-27(37-29)25-10-6-23(7-11-25)24-8-12-26(13-9-24)32-33(34)39-30(38-32)18-41(28-14-21(28)3)31(43)16-35-19-42/h6-13,15,19-22,28H,14,16-18H2,1-5H3,(H,35,42)(H,36,37)(H,38,39)/t21-,22+,28?/m0/s1. The second kappa shape index (κ2) is 13.1. The van der Waals surface area contributed by atoms with Gasteiger partial charge in [-0.25, -0.2) is 9.97 Å². The van der Waals surface area contributed by atoms with E-state index in [1.165, 1.54) is 0 Å². The normalized spacial score (nSPS) is 16.8. The monoisotopic (exact) mass is 601 g/mol. The number of amides is 2. The summed E-state index contributed by atoms with van der Waals surface area (Å²) in [4.78, 5) is 43.4. The molecule has 1 unspecified atom stereocenters. The van der Waals surface area contributed by atoms with Crippen LogP contribution in [0.5, 0.6) is 0 Å². The number of benzene rings is 2. The van der Waals surface area contributed by atoms with E-state index in [0.717, 1.165) is 46.7 Å². The first-order valence-corrected chi connectivity index (χ1v) is 15.2. The Hall–Kier alpha value is -3.95. The van der Waals surface area contributed by atoms with Gasteiger partial charge in [0.25, 0.3) is 0 Å². The van der Waals surface area contributed by atoms with E-state index in [4.69, 9.17) is 16.6 Å². The van der Waals surface area contributed by atoms with E-state index in [0.29, 0.717) is 47.5 Å². The Morgan fingerprint density at radius 2 is 1.60 bits per heavy atom. The van der Waals surface area contributed by atoms with Gasteiger partial charge in [-0.15, -0.1) is 0 Å². The molecule has 3 N–H and O–H groups in total. The Labute approximate surface area is 258 Å². The number of imidazole rings is 2. The smallest absolute Gasteiger partial charge is 0.242 e. The molecule has 0 radical (unpaired) electrons. The number of carbonyl (C=O) groups excluding carboxylic acids is 2. The van der Waals surface area contributed by atoms with Crippen molar-refractivity contribution in [2.75, 3.05) is 13.6 Å². The highest BCUT2D eigenvalue weighted by Crippen LogP contribution is 2.36. The van der Waals surface area contributed by atoms with E-state index in [-0.39, 0.29) is 18.5 Å². The van der Waals surface area contributed by atoms with Gasteiger partial charge >= 0.3 is 0 Å². The van der Waals surface area contributed by atoms with Crippen molar-refractivity contribution in [2.24, 2.45) is 11.8 Å². The Morgan fingerprint density at radius 3 is 2.19 bits per heavy atom. The molecule has 0 aliphatic heterocycles. The third-order valence-electron chi connectivity index (χ3n) is 8.53.